The Hall–Kier alpha value is -1.11. The van der Waals surface area contributed by atoms with Crippen molar-refractivity contribution < 1.29 is 4.39 Å². The van der Waals surface area contributed by atoms with Crippen LogP contribution in [0.25, 0.3) is 5.57 Å². The van der Waals surface area contributed by atoms with Crippen LogP contribution in [0.5, 0.6) is 0 Å². The van der Waals surface area contributed by atoms with Gasteiger partial charge in [-0.2, -0.15) is 0 Å². The minimum Gasteiger partial charge on any atom is -0.207 e. The van der Waals surface area contributed by atoms with Crippen molar-refractivity contribution in [2.24, 2.45) is 5.92 Å². The fourth-order valence-corrected chi connectivity index (χ4v) is 2.11. The zero-order chi connectivity index (χ0) is 13.5. The quantitative estimate of drug-likeness (QED) is 0.562. The van der Waals surface area contributed by atoms with Crippen molar-refractivity contribution in [2.45, 2.75) is 53.4 Å². The summed E-state index contributed by atoms with van der Waals surface area (Å²) in [5.41, 5.74) is 3.28. The monoisotopic (exact) mass is 248 g/mol. The van der Waals surface area contributed by atoms with E-state index in [9.17, 15) is 4.39 Å². The average Bonchev–Trinajstić information content (AvgIpc) is 2.37. The van der Waals surface area contributed by atoms with Crippen molar-refractivity contribution in [3.63, 3.8) is 0 Å². The SMILES string of the molecule is CCCC/C=C(\c1ccc(F)c(C)c1)C(C)CC. The molecule has 0 nitrogen and oxygen atoms in total. The molecule has 0 N–H and O–H groups in total. The molecule has 0 amide bonds. The van der Waals surface area contributed by atoms with Crippen LogP contribution < -0.4 is 0 Å². The first kappa shape index (κ1) is 14.9. The van der Waals surface area contributed by atoms with Crippen LogP contribution in [0, 0.1) is 18.7 Å². The second kappa shape index (κ2) is 7.35. The molecule has 0 fully saturated rings. The maximum Gasteiger partial charge on any atom is 0.126 e. The second-order valence-electron chi connectivity index (χ2n) is 5.07. The molecule has 0 aliphatic carbocycles. The second-order valence-corrected chi connectivity index (χ2v) is 5.07. The number of allylic oxidation sites excluding steroid dienone is 2. The first-order valence-electron chi connectivity index (χ1n) is 7.06. The van der Waals surface area contributed by atoms with Gasteiger partial charge >= 0.3 is 0 Å². The van der Waals surface area contributed by atoms with E-state index in [0.29, 0.717) is 5.92 Å². The van der Waals surface area contributed by atoms with Crippen molar-refractivity contribution in [3.8, 4) is 0 Å². The van der Waals surface area contributed by atoms with E-state index in [-0.39, 0.29) is 5.82 Å². The van der Waals surface area contributed by atoms with E-state index in [1.54, 1.807) is 6.07 Å². The van der Waals surface area contributed by atoms with E-state index in [1.165, 1.54) is 24.0 Å². The summed E-state index contributed by atoms with van der Waals surface area (Å²) >= 11 is 0. The highest BCUT2D eigenvalue weighted by molar-refractivity contribution is 5.67. The minimum atomic E-state index is -0.115. The summed E-state index contributed by atoms with van der Waals surface area (Å²) in [5.74, 6) is 0.419. The van der Waals surface area contributed by atoms with Gasteiger partial charge in [-0.1, -0.05) is 45.8 Å². The topological polar surface area (TPSA) is 0 Å². The molecule has 0 aliphatic heterocycles. The van der Waals surface area contributed by atoms with Gasteiger partial charge in [0.1, 0.15) is 5.82 Å². The predicted octanol–water partition coefficient (Wildman–Crippen LogP) is 5.75. The number of rotatable bonds is 6. The van der Waals surface area contributed by atoms with Crippen LogP contribution in [-0.2, 0) is 0 Å². The molecule has 1 atom stereocenters. The molecule has 1 heteroatoms. The lowest BCUT2D eigenvalue weighted by molar-refractivity contribution is 0.618. The van der Waals surface area contributed by atoms with Crippen molar-refractivity contribution in [1.82, 2.24) is 0 Å². The molecule has 0 aromatic heterocycles. The van der Waals surface area contributed by atoms with Crippen LogP contribution in [0.2, 0.25) is 0 Å². The maximum atomic E-state index is 13.3. The maximum absolute atomic E-state index is 13.3. The molecule has 0 aliphatic rings. The van der Waals surface area contributed by atoms with Gasteiger partial charge in [0.2, 0.25) is 0 Å². The zero-order valence-electron chi connectivity index (χ0n) is 12.1. The van der Waals surface area contributed by atoms with Gasteiger partial charge in [0.25, 0.3) is 0 Å². The van der Waals surface area contributed by atoms with Crippen molar-refractivity contribution in [2.75, 3.05) is 0 Å². The molecule has 0 saturated carbocycles. The highest BCUT2D eigenvalue weighted by atomic mass is 19.1. The number of unbranched alkanes of at least 4 members (excludes halogenated alkanes) is 2. The first-order chi connectivity index (χ1) is 8.60. The van der Waals surface area contributed by atoms with Gasteiger partial charge < -0.3 is 0 Å². The summed E-state index contributed by atoms with van der Waals surface area (Å²) < 4.78 is 13.3. The molecule has 0 bridgehead atoms. The highest BCUT2D eigenvalue weighted by Gasteiger charge is 2.10. The zero-order valence-corrected chi connectivity index (χ0v) is 12.1. The molecule has 0 radical (unpaired) electrons. The molecule has 0 heterocycles. The average molecular weight is 248 g/mol. The Bertz CT molecular complexity index is 404. The van der Waals surface area contributed by atoms with Crippen LogP contribution in [0.4, 0.5) is 4.39 Å². The Morgan fingerprint density at radius 1 is 1.33 bits per heavy atom. The summed E-state index contributed by atoms with van der Waals surface area (Å²) in [6.07, 6.45) is 7.01. The third-order valence-electron chi connectivity index (χ3n) is 3.56. The van der Waals surface area contributed by atoms with Gasteiger partial charge in [0.15, 0.2) is 0 Å². The first-order valence-corrected chi connectivity index (χ1v) is 7.06. The number of hydrogen-bond donors (Lipinski definition) is 0. The van der Waals surface area contributed by atoms with Crippen molar-refractivity contribution in [1.29, 1.82) is 0 Å². The summed E-state index contributed by atoms with van der Waals surface area (Å²) in [6.45, 7) is 8.49. The Balaban J connectivity index is 3.01. The number of aryl methyl sites for hydroxylation is 1. The minimum absolute atomic E-state index is 0.115. The third kappa shape index (κ3) is 3.97. The van der Waals surface area contributed by atoms with Gasteiger partial charge in [-0.3, -0.25) is 0 Å². The predicted molar refractivity (Wildman–Crippen MR) is 78.1 cm³/mol. The van der Waals surface area contributed by atoms with Gasteiger partial charge in [-0.05, 0) is 54.5 Å². The molecular formula is C17H25F. The summed E-state index contributed by atoms with van der Waals surface area (Å²) in [5, 5.41) is 0. The molecule has 0 saturated heterocycles. The van der Waals surface area contributed by atoms with E-state index in [0.717, 1.165) is 18.4 Å². The van der Waals surface area contributed by atoms with Gasteiger partial charge in [0, 0.05) is 0 Å². The highest BCUT2D eigenvalue weighted by Crippen LogP contribution is 2.28. The Morgan fingerprint density at radius 3 is 2.61 bits per heavy atom. The normalized spacial score (nSPS) is 13.7. The lowest BCUT2D eigenvalue weighted by Gasteiger charge is -2.16. The molecule has 18 heavy (non-hydrogen) atoms. The largest absolute Gasteiger partial charge is 0.207 e. The summed E-state index contributed by atoms with van der Waals surface area (Å²) in [4.78, 5) is 0. The molecule has 1 rings (SSSR count). The van der Waals surface area contributed by atoms with Crippen molar-refractivity contribution >= 4 is 5.57 Å². The van der Waals surface area contributed by atoms with Gasteiger partial charge in [-0.25, -0.2) is 4.39 Å². The Labute approximate surface area is 111 Å². The lowest BCUT2D eigenvalue weighted by Crippen LogP contribution is -1.99. The van der Waals surface area contributed by atoms with E-state index in [4.69, 9.17) is 0 Å². The van der Waals surface area contributed by atoms with Crippen LogP contribution in [0.15, 0.2) is 24.3 Å². The molecular weight excluding hydrogens is 223 g/mol. The molecule has 100 valence electrons. The van der Waals surface area contributed by atoms with Crippen LogP contribution in [0.1, 0.15) is 57.6 Å². The molecule has 1 aromatic rings. The molecule has 1 aromatic carbocycles. The third-order valence-corrected chi connectivity index (χ3v) is 3.56. The van der Waals surface area contributed by atoms with Gasteiger partial charge in [0.05, 0.1) is 0 Å². The van der Waals surface area contributed by atoms with E-state index >= 15 is 0 Å². The smallest absolute Gasteiger partial charge is 0.126 e. The number of benzene rings is 1. The van der Waals surface area contributed by atoms with Crippen LogP contribution >= 0.6 is 0 Å². The Morgan fingerprint density at radius 2 is 2.06 bits per heavy atom. The van der Waals surface area contributed by atoms with Crippen LogP contribution in [-0.4, -0.2) is 0 Å². The fourth-order valence-electron chi connectivity index (χ4n) is 2.11. The number of halogens is 1. The summed E-state index contributed by atoms with van der Waals surface area (Å²) in [7, 11) is 0. The molecule has 1 unspecified atom stereocenters. The van der Waals surface area contributed by atoms with E-state index in [1.807, 2.05) is 19.1 Å². The van der Waals surface area contributed by atoms with Crippen LogP contribution in [0.3, 0.4) is 0 Å². The lowest BCUT2D eigenvalue weighted by atomic mass is 9.90. The van der Waals surface area contributed by atoms with E-state index in [2.05, 4.69) is 26.8 Å². The fraction of sp³-hybridized carbons (Fsp3) is 0.529. The standard InChI is InChI=1S/C17H25F/c1-5-7-8-9-16(13(3)6-2)15-10-11-17(18)14(4)12-15/h9-13H,5-8H2,1-4H3/b16-9-. The van der Waals surface area contributed by atoms with E-state index < -0.39 is 0 Å². The molecule has 0 spiro atoms. The summed E-state index contributed by atoms with van der Waals surface area (Å²) in [6, 6.07) is 5.46. The van der Waals surface area contributed by atoms with Gasteiger partial charge in [-0.15, -0.1) is 0 Å². The van der Waals surface area contributed by atoms with Crippen molar-refractivity contribution in [3.05, 3.63) is 41.2 Å². The number of hydrogen-bond acceptors (Lipinski definition) is 0. The Kier molecular flexibility index (Phi) is 6.11.